The maximum absolute atomic E-state index is 11.8. The van der Waals surface area contributed by atoms with Crippen molar-refractivity contribution < 1.29 is 18.3 Å². The van der Waals surface area contributed by atoms with Crippen molar-refractivity contribution in [1.82, 2.24) is 9.29 Å². The highest BCUT2D eigenvalue weighted by Crippen LogP contribution is 2.13. The third-order valence-corrected chi connectivity index (χ3v) is 4.10. The number of aliphatic hydroxyl groups excluding tert-OH is 1. The highest BCUT2D eigenvalue weighted by atomic mass is 32.2. The lowest BCUT2D eigenvalue weighted by Crippen LogP contribution is -2.22. The van der Waals surface area contributed by atoms with Crippen molar-refractivity contribution in [3.05, 3.63) is 18.3 Å². The fourth-order valence-corrected chi connectivity index (χ4v) is 2.11. The molecule has 2 N–H and O–H groups in total. The van der Waals surface area contributed by atoms with Crippen molar-refractivity contribution in [3.8, 4) is 0 Å². The summed E-state index contributed by atoms with van der Waals surface area (Å²) in [6.45, 7) is 1.28. The Labute approximate surface area is 113 Å². The number of anilines is 1. The Hall–Kier alpha value is -1.22. The SMILES string of the molecule is CN(C)S(=O)(=O)c1ccc(NCCOCCO)nc1. The smallest absolute Gasteiger partial charge is 0.244 e. The Balaban J connectivity index is 2.53. The van der Waals surface area contributed by atoms with Crippen LogP contribution in [0.5, 0.6) is 0 Å². The summed E-state index contributed by atoms with van der Waals surface area (Å²) in [6, 6.07) is 3.10. The van der Waals surface area contributed by atoms with Crippen molar-refractivity contribution in [1.29, 1.82) is 0 Å². The van der Waals surface area contributed by atoms with E-state index in [1.54, 1.807) is 6.07 Å². The molecule has 0 saturated carbocycles. The zero-order chi connectivity index (χ0) is 14.3. The standard InChI is InChI=1S/C11H19N3O4S/c1-14(2)19(16,17)10-3-4-11(13-9-10)12-5-7-18-8-6-15/h3-4,9,15H,5-8H2,1-2H3,(H,12,13). The van der Waals surface area contributed by atoms with E-state index in [-0.39, 0.29) is 11.5 Å². The van der Waals surface area contributed by atoms with Gasteiger partial charge in [-0.25, -0.2) is 17.7 Å². The summed E-state index contributed by atoms with van der Waals surface area (Å²) in [7, 11) is -0.491. The average Bonchev–Trinajstić information content (AvgIpc) is 2.39. The minimum Gasteiger partial charge on any atom is -0.394 e. The first-order valence-electron chi connectivity index (χ1n) is 5.79. The highest BCUT2D eigenvalue weighted by Gasteiger charge is 2.17. The van der Waals surface area contributed by atoms with E-state index in [0.717, 1.165) is 4.31 Å². The molecule has 0 aromatic carbocycles. The van der Waals surface area contributed by atoms with Crippen LogP contribution in [0.1, 0.15) is 0 Å². The third-order valence-electron chi connectivity index (χ3n) is 2.30. The van der Waals surface area contributed by atoms with Gasteiger partial charge >= 0.3 is 0 Å². The van der Waals surface area contributed by atoms with E-state index in [1.807, 2.05) is 0 Å². The first-order valence-corrected chi connectivity index (χ1v) is 7.23. The summed E-state index contributed by atoms with van der Waals surface area (Å²) in [5, 5.41) is 11.5. The second kappa shape index (κ2) is 7.39. The second-order valence-corrected chi connectivity index (χ2v) is 6.08. The number of rotatable bonds is 8. The number of aromatic nitrogens is 1. The predicted molar refractivity (Wildman–Crippen MR) is 71.5 cm³/mol. The monoisotopic (exact) mass is 289 g/mol. The third kappa shape index (κ3) is 4.75. The van der Waals surface area contributed by atoms with Crippen LogP contribution in [0.15, 0.2) is 23.2 Å². The molecule has 0 atom stereocenters. The van der Waals surface area contributed by atoms with E-state index in [4.69, 9.17) is 9.84 Å². The second-order valence-electron chi connectivity index (χ2n) is 3.93. The van der Waals surface area contributed by atoms with E-state index in [0.29, 0.717) is 25.6 Å². The molecular formula is C11H19N3O4S. The number of aliphatic hydroxyl groups is 1. The first-order chi connectivity index (χ1) is 8.98. The molecule has 1 aromatic rings. The number of sulfonamides is 1. The van der Waals surface area contributed by atoms with Gasteiger partial charge in [0.2, 0.25) is 10.0 Å². The molecule has 1 heterocycles. The van der Waals surface area contributed by atoms with Gasteiger partial charge in [0.1, 0.15) is 10.7 Å². The fourth-order valence-electron chi connectivity index (χ4n) is 1.27. The molecule has 1 rings (SSSR count). The van der Waals surface area contributed by atoms with Crippen LogP contribution in [-0.2, 0) is 14.8 Å². The number of ether oxygens (including phenoxy) is 1. The molecule has 0 spiro atoms. The maximum atomic E-state index is 11.8. The summed E-state index contributed by atoms with van der Waals surface area (Å²) in [5.74, 6) is 0.574. The molecule has 7 nitrogen and oxygen atoms in total. The zero-order valence-corrected chi connectivity index (χ0v) is 11.9. The molecule has 0 aliphatic carbocycles. The van der Waals surface area contributed by atoms with Crippen LogP contribution in [0.25, 0.3) is 0 Å². The van der Waals surface area contributed by atoms with E-state index in [2.05, 4.69) is 10.3 Å². The van der Waals surface area contributed by atoms with E-state index >= 15 is 0 Å². The van der Waals surface area contributed by atoms with Gasteiger partial charge in [-0.3, -0.25) is 0 Å². The molecule has 0 unspecified atom stereocenters. The van der Waals surface area contributed by atoms with Crippen LogP contribution in [0.2, 0.25) is 0 Å². The van der Waals surface area contributed by atoms with Gasteiger partial charge in [0.15, 0.2) is 0 Å². The molecule has 0 bridgehead atoms. The molecular weight excluding hydrogens is 270 g/mol. The Morgan fingerprint density at radius 3 is 2.63 bits per heavy atom. The molecule has 0 radical (unpaired) electrons. The summed E-state index contributed by atoms with van der Waals surface area (Å²) in [5.41, 5.74) is 0. The first kappa shape index (κ1) is 15.8. The van der Waals surface area contributed by atoms with E-state index in [9.17, 15) is 8.42 Å². The predicted octanol–water partition coefficient (Wildman–Crippen LogP) is -0.247. The molecule has 0 amide bonds. The van der Waals surface area contributed by atoms with E-state index < -0.39 is 10.0 Å². The van der Waals surface area contributed by atoms with Crippen LogP contribution in [0.4, 0.5) is 5.82 Å². The summed E-state index contributed by atoms with van der Waals surface area (Å²) in [4.78, 5) is 4.18. The van der Waals surface area contributed by atoms with Gasteiger partial charge in [0.25, 0.3) is 0 Å². The van der Waals surface area contributed by atoms with Crippen molar-refractivity contribution in [2.24, 2.45) is 0 Å². The molecule has 19 heavy (non-hydrogen) atoms. The number of pyridine rings is 1. The maximum Gasteiger partial charge on any atom is 0.244 e. The summed E-state index contributed by atoms with van der Waals surface area (Å²) < 4.78 is 29.8. The van der Waals surface area contributed by atoms with Gasteiger partial charge in [-0.1, -0.05) is 0 Å². The van der Waals surface area contributed by atoms with Gasteiger partial charge in [0.05, 0.1) is 19.8 Å². The molecule has 1 aromatic heterocycles. The Morgan fingerprint density at radius 1 is 1.37 bits per heavy atom. The van der Waals surface area contributed by atoms with Crippen molar-refractivity contribution in [2.75, 3.05) is 45.8 Å². The number of hydrogen-bond donors (Lipinski definition) is 2. The van der Waals surface area contributed by atoms with E-state index in [1.165, 1.54) is 26.4 Å². The lowest BCUT2D eigenvalue weighted by atomic mass is 10.4. The van der Waals surface area contributed by atoms with Gasteiger partial charge in [-0.15, -0.1) is 0 Å². The Bertz CT molecular complexity index is 473. The zero-order valence-electron chi connectivity index (χ0n) is 11.0. The average molecular weight is 289 g/mol. The van der Waals surface area contributed by atoms with Gasteiger partial charge in [0, 0.05) is 26.8 Å². The number of nitrogens with one attached hydrogen (secondary N) is 1. The van der Waals surface area contributed by atoms with Crippen LogP contribution >= 0.6 is 0 Å². The highest BCUT2D eigenvalue weighted by molar-refractivity contribution is 7.89. The molecule has 0 saturated heterocycles. The van der Waals surface area contributed by atoms with Crippen molar-refractivity contribution in [3.63, 3.8) is 0 Å². The largest absolute Gasteiger partial charge is 0.394 e. The molecule has 0 aliphatic heterocycles. The Morgan fingerprint density at radius 2 is 2.11 bits per heavy atom. The minimum atomic E-state index is -3.44. The molecule has 108 valence electrons. The quantitative estimate of drug-likeness (QED) is 0.641. The van der Waals surface area contributed by atoms with Crippen LogP contribution in [0, 0.1) is 0 Å². The lowest BCUT2D eigenvalue weighted by molar-refractivity contribution is 0.0992. The number of nitrogens with zero attached hydrogens (tertiary/aromatic N) is 2. The van der Waals surface area contributed by atoms with Crippen LogP contribution in [-0.4, -0.2) is 63.3 Å². The summed E-state index contributed by atoms with van der Waals surface area (Å²) in [6.07, 6.45) is 1.31. The van der Waals surface area contributed by atoms with Crippen molar-refractivity contribution in [2.45, 2.75) is 4.90 Å². The van der Waals surface area contributed by atoms with Gasteiger partial charge < -0.3 is 15.2 Å². The Kier molecular flexibility index (Phi) is 6.16. The van der Waals surface area contributed by atoms with Gasteiger partial charge in [-0.2, -0.15) is 0 Å². The fraction of sp³-hybridized carbons (Fsp3) is 0.545. The lowest BCUT2D eigenvalue weighted by Gasteiger charge is -2.11. The van der Waals surface area contributed by atoms with Crippen LogP contribution < -0.4 is 5.32 Å². The summed E-state index contributed by atoms with van der Waals surface area (Å²) >= 11 is 0. The topological polar surface area (TPSA) is 91.8 Å². The molecule has 0 fully saturated rings. The molecule has 8 heteroatoms. The normalized spacial score (nSPS) is 11.8. The van der Waals surface area contributed by atoms with Crippen LogP contribution in [0.3, 0.4) is 0 Å². The molecule has 0 aliphatic rings. The van der Waals surface area contributed by atoms with Gasteiger partial charge in [-0.05, 0) is 12.1 Å². The number of hydrogen-bond acceptors (Lipinski definition) is 6. The minimum absolute atomic E-state index is 0.00462. The van der Waals surface area contributed by atoms with Crippen molar-refractivity contribution >= 4 is 15.8 Å².